The Morgan fingerprint density at radius 2 is 1.61 bits per heavy atom. The van der Waals surface area contributed by atoms with E-state index in [9.17, 15) is 22.0 Å². The lowest BCUT2D eigenvalue weighted by molar-refractivity contribution is 0.101. The van der Waals surface area contributed by atoms with Gasteiger partial charge in [0.05, 0.1) is 10.3 Å². The van der Waals surface area contributed by atoms with Crippen LogP contribution in [0.3, 0.4) is 0 Å². The van der Waals surface area contributed by atoms with Crippen molar-refractivity contribution >= 4 is 15.6 Å². The summed E-state index contributed by atoms with van der Waals surface area (Å²) in [4.78, 5) is 11.7. The molecule has 0 aliphatic carbocycles. The number of halogens is 2. The van der Waals surface area contributed by atoms with Crippen molar-refractivity contribution in [1.29, 1.82) is 0 Å². The Morgan fingerprint density at radius 3 is 2.00 bits per heavy atom. The maximum absolute atomic E-state index is 13.3. The topological polar surface area (TPSA) is 51.2 Å². The molecule has 3 nitrogen and oxygen atoms in total. The van der Waals surface area contributed by atoms with Crippen LogP contribution in [0.1, 0.15) is 31.1 Å². The largest absolute Gasteiger partial charge is 0.293 e. The first-order chi connectivity index (χ1) is 8.06. The third-order valence-electron chi connectivity index (χ3n) is 2.50. The van der Waals surface area contributed by atoms with E-state index >= 15 is 0 Å². The van der Waals surface area contributed by atoms with Gasteiger partial charge in [-0.2, -0.15) is 0 Å². The monoisotopic (exact) mass is 276 g/mol. The van der Waals surface area contributed by atoms with Crippen LogP contribution < -0.4 is 0 Å². The van der Waals surface area contributed by atoms with Gasteiger partial charge in [-0.25, -0.2) is 17.2 Å². The van der Waals surface area contributed by atoms with Gasteiger partial charge in [0.2, 0.25) is 0 Å². The van der Waals surface area contributed by atoms with Crippen molar-refractivity contribution in [2.24, 2.45) is 0 Å². The molecule has 18 heavy (non-hydrogen) atoms. The van der Waals surface area contributed by atoms with Crippen LogP contribution in [0.15, 0.2) is 18.2 Å². The van der Waals surface area contributed by atoms with E-state index in [1.165, 1.54) is 20.8 Å². The summed E-state index contributed by atoms with van der Waals surface area (Å²) in [6.45, 7) is 4.27. The molecule has 6 heteroatoms. The second-order valence-corrected chi connectivity index (χ2v) is 7.63. The molecular formula is C12H14F2O3S. The van der Waals surface area contributed by atoms with Gasteiger partial charge >= 0.3 is 0 Å². The van der Waals surface area contributed by atoms with E-state index in [2.05, 4.69) is 0 Å². The summed E-state index contributed by atoms with van der Waals surface area (Å²) < 4.78 is 49.1. The maximum Gasteiger partial charge on any atom is 0.183 e. The molecule has 0 aromatic heterocycles. The van der Waals surface area contributed by atoms with Crippen molar-refractivity contribution in [3.05, 3.63) is 35.4 Å². The lowest BCUT2D eigenvalue weighted by Gasteiger charge is -2.18. The molecule has 1 aromatic carbocycles. The van der Waals surface area contributed by atoms with Gasteiger partial charge in [-0.1, -0.05) is 6.07 Å². The summed E-state index contributed by atoms with van der Waals surface area (Å²) >= 11 is 0. The highest BCUT2D eigenvalue weighted by Gasteiger charge is 2.33. The lowest BCUT2D eigenvalue weighted by Crippen LogP contribution is -2.34. The van der Waals surface area contributed by atoms with Crippen molar-refractivity contribution < 1.29 is 22.0 Å². The molecule has 0 atom stereocenters. The van der Waals surface area contributed by atoms with Gasteiger partial charge in [0.15, 0.2) is 15.6 Å². The molecule has 0 bridgehead atoms. The Morgan fingerprint density at radius 1 is 1.17 bits per heavy atom. The molecule has 0 heterocycles. The van der Waals surface area contributed by atoms with Gasteiger partial charge < -0.3 is 0 Å². The summed E-state index contributed by atoms with van der Waals surface area (Å²) in [5, 5.41) is 0. The van der Waals surface area contributed by atoms with E-state index in [1.54, 1.807) is 0 Å². The number of carbonyl (C=O) groups is 1. The molecule has 1 aromatic rings. The van der Waals surface area contributed by atoms with Gasteiger partial charge in [0, 0.05) is 0 Å². The molecule has 100 valence electrons. The number of sulfone groups is 1. The molecule has 0 aliphatic rings. The van der Waals surface area contributed by atoms with Gasteiger partial charge in [-0.05, 0) is 32.9 Å². The SMILES string of the molecule is CC(C)(C)S(=O)(=O)CC(=O)c1c(F)cccc1F. The van der Waals surface area contributed by atoms with Crippen LogP contribution >= 0.6 is 0 Å². The quantitative estimate of drug-likeness (QED) is 0.796. The Bertz CT molecular complexity index is 551. The fraction of sp³-hybridized carbons (Fsp3) is 0.417. The molecular weight excluding hydrogens is 262 g/mol. The average molecular weight is 276 g/mol. The molecule has 0 fully saturated rings. The minimum atomic E-state index is -3.76. The van der Waals surface area contributed by atoms with Gasteiger partial charge in [-0.3, -0.25) is 4.79 Å². The standard InChI is InChI=1S/C12H14F2O3S/c1-12(2,3)18(16,17)7-10(15)11-8(13)5-4-6-9(11)14/h4-6H,7H2,1-3H3. The fourth-order valence-electron chi connectivity index (χ4n) is 1.23. The molecule has 0 saturated carbocycles. The molecule has 0 N–H and O–H groups in total. The smallest absolute Gasteiger partial charge is 0.183 e. The van der Waals surface area contributed by atoms with Crippen LogP contribution in [0.25, 0.3) is 0 Å². The van der Waals surface area contributed by atoms with Crippen LogP contribution in [0, 0.1) is 11.6 Å². The zero-order chi connectivity index (χ0) is 14.1. The van der Waals surface area contributed by atoms with E-state index in [0.717, 1.165) is 18.2 Å². The maximum atomic E-state index is 13.3. The predicted molar refractivity (Wildman–Crippen MR) is 64.2 cm³/mol. The Balaban J connectivity index is 3.12. The highest BCUT2D eigenvalue weighted by Crippen LogP contribution is 2.19. The second kappa shape index (κ2) is 4.76. The molecule has 0 saturated heterocycles. The third-order valence-corrected chi connectivity index (χ3v) is 5.00. The fourth-order valence-corrected chi connectivity index (χ4v) is 2.15. The molecule has 0 aliphatic heterocycles. The minimum Gasteiger partial charge on any atom is -0.293 e. The van der Waals surface area contributed by atoms with Crippen LogP contribution in [0.2, 0.25) is 0 Å². The van der Waals surface area contributed by atoms with Crippen molar-refractivity contribution in [3.63, 3.8) is 0 Å². The lowest BCUT2D eigenvalue weighted by atomic mass is 10.1. The van der Waals surface area contributed by atoms with Crippen molar-refractivity contribution in [2.75, 3.05) is 5.75 Å². The van der Waals surface area contributed by atoms with Crippen molar-refractivity contribution in [1.82, 2.24) is 0 Å². The van der Waals surface area contributed by atoms with E-state index in [-0.39, 0.29) is 0 Å². The third kappa shape index (κ3) is 2.93. The highest BCUT2D eigenvalue weighted by atomic mass is 32.2. The summed E-state index contributed by atoms with van der Waals surface area (Å²) in [7, 11) is -3.76. The van der Waals surface area contributed by atoms with Crippen LogP contribution in [-0.4, -0.2) is 24.7 Å². The van der Waals surface area contributed by atoms with Crippen LogP contribution in [0.5, 0.6) is 0 Å². The van der Waals surface area contributed by atoms with Gasteiger partial charge in [-0.15, -0.1) is 0 Å². The van der Waals surface area contributed by atoms with Gasteiger partial charge in [0.1, 0.15) is 17.4 Å². The number of hydrogen-bond acceptors (Lipinski definition) is 3. The number of benzene rings is 1. The van der Waals surface area contributed by atoms with Crippen molar-refractivity contribution in [3.8, 4) is 0 Å². The Kier molecular flexibility index (Phi) is 3.90. The number of ketones is 1. The van der Waals surface area contributed by atoms with Crippen molar-refractivity contribution in [2.45, 2.75) is 25.5 Å². The number of Topliss-reactive ketones (excluding diaryl/α,β-unsaturated/α-hetero) is 1. The summed E-state index contributed by atoms with van der Waals surface area (Å²) in [5.74, 6) is -4.08. The number of carbonyl (C=O) groups excluding carboxylic acids is 1. The zero-order valence-electron chi connectivity index (χ0n) is 10.3. The van der Waals surface area contributed by atoms with E-state index in [0.29, 0.717) is 0 Å². The first-order valence-electron chi connectivity index (χ1n) is 5.26. The van der Waals surface area contributed by atoms with Gasteiger partial charge in [0.25, 0.3) is 0 Å². The molecule has 0 amide bonds. The molecule has 0 unspecified atom stereocenters. The Labute approximate surface area is 105 Å². The Hall–Kier alpha value is -1.30. The molecule has 1 rings (SSSR count). The summed E-state index contributed by atoms with van der Waals surface area (Å²) in [6.07, 6.45) is 0. The first kappa shape index (κ1) is 14.8. The van der Waals surface area contributed by atoms with E-state index < -0.39 is 43.3 Å². The minimum absolute atomic E-state index is 0.801. The molecule has 0 radical (unpaired) electrons. The van der Waals surface area contributed by atoms with E-state index in [1.807, 2.05) is 0 Å². The number of rotatable bonds is 3. The summed E-state index contributed by atoms with van der Waals surface area (Å²) in [6, 6.07) is 2.94. The number of hydrogen-bond donors (Lipinski definition) is 0. The summed E-state index contributed by atoms with van der Waals surface area (Å²) in [5.41, 5.74) is -0.801. The second-order valence-electron chi connectivity index (χ2n) is 4.89. The van der Waals surface area contributed by atoms with E-state index in [4.69, 9.17) is 0 Å². The first-order valence-corrected chi connectivity index (χ1v) is 6.91. The normalized spacial score (nSPS) is 12.5. The van der Waals surface area contributed by atoms with Crippen LogP contribution in [-0.2, 0) is 9.84 Å². The molecule has 0 spiro atoms. The average Bonchev–Trinajstić information content (AvgIpc) is 2.14. The predicted octanol–water partition coefficient (Wildman–Crippen LogP) is 2.36. The highest BCUT2D eigenvalue weighted by molar-refractivity contribution is 7.93. The van der Waals surface area contributed by atoms with Crippen LogP contribution in [0.4, 0.5) is 8.78 Å². The zero-order valence-corrected chi connectivity index (χ0v) is 11.1.